The van der Waals surface area contributed by atoms with Gasteiger partial charge in [0.15, 0.2) is 0 Å². The van der Waals surface area contributed by atoms with E-state index in [2.05, 4.69) is 0 Å². The van der Waals surface area contributed by atoms with E-state index in [4.69, 9.17) is 16.3 Å². The van der Waals surface area contributed by atoms with E-state index in [-0.39, 0.29) is 0 Å². The predicted octanol–water partition coefficient (Wildman–Crippen LogP) is 2.85. The molecular weight excluding hydrogens is 212 g/mol. The third-order valence-electron chi connectivity index (χ3n) is 2.57. The van der Waals surface area contributed by atoms with Gasteiger partial charge in [-0.3, -0.25) is 0 Å². The van der Waals surface area contributed by atoms with Gasteiger partial charge in [-0.1, -0.05) is 23.7 Å². The van der Waals surface area contributed by atoms with E-state index in [0.29, 0.717) is 17.4 Å². The Morgan fingerprint density at radius 2 is 2.27 bits per heavy atom. The summed E-state index contributed by atoms with van der Waals surface area (Å²) in [5, 5.41) is 11.0. The molecule has 0 aromatic heterocycles. The number of hydrogen-bond acceptors (Lipinski definition) is 2. The third kappa shape index (κ3) is 2.01. The molecule has 0 fully saturated rings. The van der Waals surface area contributed by atoms with Gasteiger partial charge in [-0.2, -0.15) is 0 Å². The summed E-state index contributed by atoms with van der Waals surface area (Å²) >= 11 is 5.89. The molecule has 0 saturated carbocycles. The Morgan fingerprint density at radius 1 is 1.47 bits per heavy atom. The highest BCUT2D eigenvalue weighted by molar-refractivity contribution is 6.30. The van der Waals surface area contributed by atoms with Gasteiger partial charge in [0.05, 0.1) is 6.61 Å². The molecule has 1 aromatic carbocycles. The van der Waals surface area contributed by atoms with Crippen molar-refractivity contribution in [2.45, 2.75) is 18.9 Å². The van der Waals surface area contributed by atoms with Crippen LogP contribution in [-0.2, 0) is 10.3 Å². The highest BCUT2D eigenvalue weighted by Gasteiger charge is 2.31. The molecule has 1 aliphatic rings. The molecule has 1 unspecified atom stereocenters. The Hall–Kier alpha value is -0.990. The fraction of sp³-hybridized carbons (Fsp3) is 0.333. The SMILES string of the molecule is CC(O)(C1=CCCO1)c1cccc(Cl)c1. The van der Waals surface area contributed by atoms with Gasteiger partial charge in [0.25, 0.3) is 0 Å². The van der Waals surface area contributed by atoms with Crippen molar-refractivity contribution < 1.29 is 9.84 Å². The minimum atomic E-state index is -1.08. The van der Waals surface area contributed by atoms with Crippen LogP contribution in [0.25, 0.3) is 0 Å². The predicted molar refractivity (Wildman–Crippen MR) is 59.7 cm³/mol. The zero-order valence-electron chi connectivity index (χ0n) is 8.53. The van der Waals surface area contributed by atoms with Gasteiger partial charge in [0.2, 0.25) is 0 Å². The molecule has 0 bridgehead atoms. The first-order valence-corrected chi connectivity index (χ1v) is 5.30. The lowest BCUT2D eigenvalue weighted by Crippen LogP contribution is -2.24. The fourth-order valence-electron chi connectivity index (χ4n) is 1.69. The normalized spacial score (nSPS) is 19.3. The van der Waals surface area contributed by atoms with Crippen molar-refractivity contribution >= 4 is 11.6 Å². The minimum absolute atomic E-state index is 0.616. The van der Waals surface area contributed by atoms with Crippen LogP contribution in [0.3, 0.4) is 0 Å². The molecule has 1 atom stereocenters. The van der Waals surface area contributed by atoms with Gasteiger partial charge in [0, 0.05) is 11.4 Å². The quantitative estimate of drug-likeness (QED) is 0.837. The highest BCUT2D eigenvalue weighted by Crippen LogP contribution is 2.33. The molecule has 1 aliphatic heterocycles. The highest BCUT2D eigenvalue weighted by atomic mass is 35.5. The van der Waals surface area contributed by atoms with Gasteiger partial charge in [-0.25, -0.2) is 0 Å². The standard InChI is InChI=1S/C12H13ClO2/c1-12(14,11-6-3-7-15-11)9-4-2-5-10(13)8-9/h2,4-6,8,14H,3,7H2,1H3. The van der Waals surface area contributed by atoms with Gasteiger partial charge in [0.1, 0.15) is 11.4 Å². The number of aliphatic hydroxyl groups is 1. The maximum Gasteiger partial charge on any atom is 0.143 e. The summed E-state index contributed by atoms with van der Waals surface area (Å²) in [5.74, 6) is 0.616. The molecule has 1 N–H and O–H groups in total. The number of benzene rings is 1. The zero-order valence-corrected chi connectivity index (χ0v) is 9.29. The summed E-state index contributed by atoms with van der Waals surface area (Å²) in [4.78, 5) is 0. The van der Waals surface area contributed by atoms with Crippen LogP contribution in [0.5, 0.6) is 0 Å². The monoisotopic (exact) mass is 224 g/mol. The largest absolute Gasteiger partial charge is 0.495 e. The molecule has 3 heteroatoms. The number of halogens is 1. The van der Waals surface area contributed by atoms with E-state index < -0.39 is 5.60 Å². The van der Waals surface area contributed by atoms with Crippen molar-refractivity contribution in [2.75, 3.05) is 6.61 Å². The molecule has 0 amide bonds. The second kappa shape index (κ2) is 3.87. The minimum Gasteiger partial charge on any atom is -0.495 e. The summed E-state index contributed by atoms with van der Waals surface area (Å²) in [7, 11) is 0. The van der Waals surface area contributed by atoms with Crippen molar-refractivity contribution in [1.29, 1.82) is 0 Å². The van der Waals surface area contributed by atoms with Crippen LogP contribution in [0.2, 0.25) is 5.02 Å². The molecule has 1 aromatic rings. The van der Waals surface area contributed by atoms with Gasteiger partial charge in [-0.15, -0.1) is 0 Å². The lowest BCUT2D eigenvalue weighted by atomic mass is 9.94. The molecule has 0 radical (unpaired) electrons. The van der Waals surface area contributed by atoms with Crippen molar-refractivity contribution in [1.82, 2.24) is 0 Å². The maximum atomic E-state index is 10.4. The van der Waals surface area contributed by atoms with Crippen LogP contribution in [0, 0.1) is 0 Å². The first-order chi connectivity index (χ1) is 7.10. The van der Waals surface area contributed by atoms with Gasteiger partial charge >= 0.3 is 0 Å². The lowest BCUT2D eigenvalue weighted by molar-refractivity contribution is 0.0317. The van der Waals surface area contributed by atoms with Crippen molar-refractivity contribution in [3.63, 3.8) is 0 Å². The molecule has 15 heavy (non-hydrogen) atoms. The third-order valence-corrected chi connectivity index (χ3v) is 2.81. The van der Waals surface area contributed by atoms with E-state index in [1.54, 1.807) is 19.1 Å². The molecule has 1 heterocycles. The van der Waals surface area contributed by atoms with Crippen LogP contribution in [0.4, 0.5) is 0 Å². The van der Waals surface area contributed by atoms with E-state index in [1.807, 2.05) is 18.2 Å². The van der Waals surface area contributed by atoms with Crippen LogP contribution in [-0.4, -0.2) is 11.7 Å². The van der Waals surface area contributed by atoms with E-state index in [0.717, 1.165) is 12.0 Å². The van der Waals surface area contributed by atoms with Crippen molar-refractivity contribution in [2.24, 2.45) is 0 Å². The smallest absolute Gasteiger partial charge is 0.143 e. The van der Waals surface area contributed by atoms with Crippen LogP contribution >= 0.6 is 11.6 Å². The second-order valence-electron chi connectivity index (χ2n) is 3.79. The zero-order chi connectivity index (χ0) is 10.9. The maximum absolute atomic E-state index is 10.4. The van der Waals surface area contributed by atoms with Crippen LogP contribution in [0.1, 0.15) is 18.9 Å². The summed E-state index contributed by atoms with van der Waals surface area (Å²) in [5.41, 5.74) is -0.329. The summed E-state index contributed by atoms with van der Waals surface area (Å²) in [6.07, 6.45) is 2.77. The van der Waals surface area contributed by atoms with Crippen molar-refractivity contribution in [3.05, 3.63) is 46.7 Å². The van der Waals surface area contributed by atoms with E-state index in [1.165, 1.54) is 0 Å². The van der Waals surface area contributed by atoms with Gasteiger partial charge < -0.3 is 9.84 Å². The van der Waals surface area contributed by atoms with Crippen molar-refractivity contribution in [3.8, 4) is 0 Å². The first kappa shape index (κ1) is 10.5. The molecular formula is C12H13ClO2. The van der Waals surface area contributed by atoms with Gasteiger partial charge in [-0.05, 0) is 30.7 Å². The molecule has 0 aliphatic carbocycles. The Bertz CT molecular complexity index is 396. The second-order valence-corrected chi connectivity index (χ2v) is 4.22. The number of ether oxygens (including phenoxy) is 1. The average molecular weight is 225 g/mol. The molecule has 2 rings (SSSR count). The van der Waals surface area contributed by atoms with Crippen LogP contribution < -0.4 is 0 Å². The molecule has 0 spiro atoms. The first-order valence-electron chi connectivity index (χ1n) is 4.92. The Balaban J connectivity index is 2.36. The topological polar surface area (TPSA) is 29.5 Å². The van der Waals surface area contributed by atoms with E-state index in [9.17, 15) is 5.11 Å². The molecule has 2 nitrogen and oxygen atoms in total. The Kier molecular flexibility index (Phi) is 2.72. The summed E-state index contributed by atoms with van der Waals surface area (Å²) in [6.45, 7) is 2.36. The number of hydrogen-bond donors (Lipinski definition) is 1. The number of rotatable bonds is 2. The Labute approximate surface area is 94.1 Å². The molecule has 80 valence electrons. The lowest BCUT2D eigenvalue weighted by Gasteiger charge is -2.24. The Morgan fingerprint density at radius 3 is 2.87 bits per heavy atom. The molecule has 0 saturated heterocycles. The van der Waals surface area contributed by atoms with Crippen LogP contribution in [0.15, 0.2) is 36.1 Å². The van der Waals surface area contributed by atoms with E-state index >= 15 is 0 Å². The summed E-state index contributed by atoms with van der Waals surface area (Å²) in [6, 6.07) is 7.20. The average Bonchev–Trinajstić information content (AvgIpc) is 2.71. The summed E-state index contributed by atoms with van der Waals surface area (Å²) < 4.78 is 5.38. The fourth-order valence-corrected chi connectivity index (χ4v) is 1.88.